The van der Waals surface area contributed by atoms with Crippen molar-refractivity contribution >= 4 is 29.2 Å². The molecule has 0 fully saturated rings. The van der Waals surface area contributed by atoms with Crippen LogP contribution < -0.4 is 0 Å². The van der Waals surface area contributed by atoms with E-state index in [-0.39, 0.29) is 0 Å². The van der Waals surface area contributed by atoms with Crippen molar-refractivity contribution in [3.63, 3.8) is 0 Å². The molecule has 0 aliphatic rings. The van der Waals surface area contributed by atoms with Crippen LogP contribution in [0.25, 0.3) is 5.65 Å². The molecule has 0 unspecified atom stereocenters. The lowest BCUT2D eigenvalue weighted by molar-refractivity contribution is 0.885. The molecule has 5 heteroatoms. The Hall–Kier alpha value is -0.680. The SMILES string of the molecule is CSc1nn2cccnc2c1SC. The van der Waals surface area contributed by atoms with Crippen molar-refractivity contribution in [2.75, 3.05) is 12.5 Å². The fraction of sp³-hybridized carbons (Fsp3) is 0.250. The van der Waals surface area contributed by atoms with Gasteiger partial charge in [-0.1, -0.05) is 0 Å². The Bertz CT molecular complexity index is 424. The molecule has 0 aliphatic heterocycles. The molecule has 2 rings (SSSR count). The van der Waals surface area contributed by atoms with Crippen LogP contribution in [0.2, 0.25) is 0 Å². The molecule has 0 radical (unpaired) electrons. The normalized spacial score (nSPS) is 10.9. The molecule has 0 spiro atoms. The summed E-state index contributed by atoms with van der Waals surface area (Å²) in [5.74, 6) is 0. The van der Waals surface area contributed by atoms with Crippen LogP contribution in [0.5, 0.6) is 0 Å². The van der Waals surface area contributed by atoms with Gasteiger partial charge in [-0.3, -0.25) is 0 Å². The fourth-order valence-corrected chi connectivity index (χ4v) is 2.65. The monoisotopic (exact) mass is 211 g/mol. The van der Waals surface area contributed by atoms with Crippen molar-refractivity contribution in [1.29, 1.82) is 0 Å². The lowest BCUT2D eigenvalue weighted by Gasteiger charge is -1.92. The van der Waals surface area contributed by atoms with E-state index in [1.165, 1.54) is 0 Å². The number of thioether (sulfide) groups is 2. The zero-order chi connectivity index (χ0) is 9.26. The molecular weight excluding hydrogens is 202 g/mol. The van der Waals surface area contributed by atoms with Gasteiger partial charge >= 0.3 is 0 Å². The van der Waals surface area contributed by atoms with Crippen molar-refractivity contribution in [2.24, 2.45) is 0 Å². The van der Waals surface area contributed by atoms with Crippen molar-refractivity contribution in [3.05, 3.63) is 18.5 Å². The van der Waals surface area contributed by atoms with Crippen molar-refractivity contribution in [3.8, 4) is 0 Å². The van der Waals surface area contributed by atoms with Crippen LogP contribution in [-0.2, 0) is 0 Å². The number of rotatable bonds is 2. The number of hydrogen-bond donors (Lipinski definition) is 0. The molecule has 13 heavy (non-hydrogen) atoms. The maximum absolute atomic E-state index is 4.40. The molecule has 0 amide bonds. The van der Waals surface area contributed by atoms with Gasteiger partial charge in [0.1, 0.15) is 5.03 Å². The Morgan fingerprint density at radius 3 is 2.85 bits per heavy atom. The van der Waals surface area contributed by atoms with Crippen LogP contribution in [0.1, 0.15) is 0 Å². The third-order valence-corrected chi connectivity index (χ3v) is 3.31. The molecule has 3 nitrogen and oxygen atoms in total. The highest BCUT2D eigenvalue weighted by molar-refractivity contribution is 8.01. The highest BCUT2D eigenvalue weighted by Crippen LogP contribution is 2.29. The summed E-state index contributed by atoms with van der Waals surface area (Å²) in [5.41, 5.74) is 0.944. The Balaban J connectivity index is 2.73. The molecule has 68 valence electrons. The number of hydrogen-bond acceptors (Lipinski definition) is 4. The third kappa shape index (κ3) is 1.42. The average molecular weight is 211 g/mol. The highest BCUT2D eigenvalue weighted by Gasteiger charge is 2.10. The lowest BCUT2D eigenvalue weighted by Crippen LogP contribution is -1.86. The zero-order valence-electron chi connectivity index (χ0n) is 7.39. The molecule has 2 aromatic heterocycles. The first-order valence-electron chi connectivity index (χ1n) is 3.78. The average Bonchev–Trinajstić information content (AvgIpc) is 2.55. The van der Waals surface area contributed by atoms with Gasteiger partial charge in [-0.15, -0.1) is 23.5 Å². The van der Waals surface area contributed by atoms with Gasteiger partial charge in [0, 0.05) is 12.4 Å². The second-order valence-electron chi connectivity index (χ2n) is 2.43. The standard InChI is InChI=1S/C8H9N3S2/c1-12-6-7-9-4-3-5-11(7)10-8(6)13-2/h3-5H,1-2H3. The Kier molecular flexibility index (Phi) is 2.46. The molecule has 0 saturated heterocycles. The molecule has 0 aromatic carbocycles. The van der Waals surface area contributed by atoms with Crippen LogP contribution >= 0.6 is 23.5 Å². The summed E-state index contributed by atoms with van der Waals surface area (Å²) >= 11 is 3.34. The van der Waals surface area contributed by atoms with Crippen LogP contribution in [0.3, 0.4) is 0 Å². The first-order chi connectivity index (χ1) is 6.36. The molecule has 0 saturated carbocycles. The van der Waals surface area contributed by atoms with E-state index in [9.17, 15) is 0 Å². The smallest absolute Gasteiger partial charge is 0.169 e. The van der Waals surface area contributed by atoms with Gasteiger partial charge in [-0.2, -0.15) is 5.10 Å². The third-order valence-electron chi connectivity index (χ3n) is 1.72. The Morgan fingerprint density at radius 2 is 2.15 bits per heavy atom. The van der Waals surface area contributed by atoms with E-state index < -0.39 is 0 Å². The molecule has 0 atom stereocenters. The summed E-state index contributed by atoms with van der Waals surface area (Å²) in [5, 5.41) is 5.45. The van der Waals surface area contributed by atoms with Gasteiger partial charge in [0.05, 0.1) is 4.90 Å². The molecule has 0 N–H and O–H groups in total. The molecule has 2 heterocycles. The molecule has 2 aromatic rings. The summed E-state index contributed by atoms with van der Waals surface area (Å²) in [6.45, 7) is 0. The van der Waals surface area contributed by atoms with E-state index in [1.807, 2.05) is 29.3 Å². The van der Waals surface area contributed by atoms with Crippen LogP contribution in [0, 0.1) is 0 Å². The topological polar surface area (TPSA) is 30.2 Å². The highest BCUT2D eigenvalue weighted by atomic mass is 32.2. The van der Waals surface area contributed by atoms with Crippen LogP contribution in [-0.4, -0.2) is 27.1 Å². The van der Waals surface area contributed by atoms with Gasteiger partial charge in [-0.25, -0.2) is 9.50 Å². The van der Waals surface area contributed by atoms with Crippen LogP contribution in [0.15, 0.2) is 28.4 Å². The fourth-order valence-electron chi connectivity index (χ4n) is 1.16. The Morgan fingerprint density at radius 1 is 1.31 bits per heavy atom. The predicted molar refractivity (Wildman–Crippen MR) is 56.5 cm³/mol. The quantitative estimate of drug-likeness (QED) is 0.712. The molecule has 0 bridgehead atoms. The van der Waals surface area contributed by atoms with Gasteiger partial charge < -0.3 is 0 Å². The summed E-state index contributed by atoms with van der Waals surface area (Å²) in [6, 6.07) is 1.88. The largest absolute Gasteiger partial charge is 0.236 e. The van der Waals surface area contributed by atoms with Crippen molar-refractivity contribution in [2.45, 2.75) is 9.92 Å². The van der Waals surface area contributed by atoms with E-state index in [1.54, 1.807) is 29.7 Å². The minimum absolute atomic E-state index is 0.944. The predicted octanol–water partition coefficient (Wildman–Crippen LogP) is 2.17. The minimum atomic E-state index is 0.944. The van der Waals surface area contributed by atoms with Crippen molar-refractivity contribution < 1.29 is 0 Å². The van der Waals surface area contributed by atoms with Gasteiger partial charge in [0.2, 0.25) is 0 Å². The number of nitrogens with zero attached hydrogens (tertiary/aromatic N) is 3. The molecule has 0 aliphatic carbocycles. The second-order valence-corrected chi connectivity index (χ2v) is 4.04. The summed E-state index contributed by atoms with van der Waals surface area (Å²) in [7, 11) is 0. The van der Waals surface area contributed by atoms with E-state index in [0.29, 0.717) is 0 Å². The summed E-state index contributed by atoms with van der Waals surface area (Å²) < 4.78 is 1.82. The van der Waals surface area contributed by atoms with E-state index >= 15 is 0 Å². The summed E-state index contributed by atoms with van der Waals surface area (Å²) in [4.78, 5) is 5.45. The number of fused-ring (bicyclic) bond motifs is 1. The molecular formula is C8H9N3S2. The first-order valence-corrected chi connectivity index (χ1v) is 6.23. The van der Waals surface area contributed by atoms with Crippen LogP contribution in [0.4, 0.5) is 0 Å². The van der Waals surface area contributed by atoms with E-state index in [0.717, 1.165) is 15.6 Å². The van der Waals surface area contributed by atoms with E-state index in [4.69, 9.17) is 0 Å². The lowest BCUT2D eigenvalue weighted by atomic mass is 10.6. The zero-order valence-corrected chi connectivity index (χ0v) is 9.02. The number of aromatic nitrogens is 3. The maximum Gasteiger partial charge on any atom is 0.169 e. The van der Waals surface area contributed by atoms with E-state index in [2.05, 4.69) is 10.1 Å². The maximum atomic E-state index is 4.40. The first kappa shape index (κ1) is 8.90. The van der Waals surface area contributed by atoms with Gasteiger partial charge in [0.15, 0.2) is 5.65 Å². The Labute approximate surface area is 84.9 Å². The minimum Gasteiger partial charge on any atom is -0.236 e. The second kappa shape index (κ2) is 3.59. The van der Waals surface area contributed by atoms with Gasteiger partial charge in [-0.05, 0) is 18.6 Å². The van der Waals surface area contributed by atoms with Crippen molar-refractivity contribution in [1.82, 2.24) is 14.6 Å². The van der Waals surface area contributed by atoms with Gasteiger partial charge in [0.25, 0.3) is 0 Å². The summed E-state index contributed by atoms with van der Waals surface area (Å²) in [6.07, 6.45) is 7.79.